The van der Waals surface area contributed by atoms with Gasteiger partial charge in [-0.1, -0.05) is 23.5 Å². The Morgan fingerprint density at radius 2 is 2.04 bits per heavy atom. The van der Waals surface area contributed by atoms with Crippen LogP contribution in [0.4, 0.5) is 10.6 Å². The number of anilines is 1. The summed E-state index contributed by atoms with van der Waals surface area (Å²) in [6.07, 6.45) is 1.76. The third-order valence-corrected chi connectivity index (χ3v) is 4.92. The van der Waals surface area contributed by atoms with E-state index in [1.54, 1.807) is 22.4 Å². The van der Waals surface area contributed by atoms with Gasteiger partial charge >= 0.3 is 6.03 Å². The summed E-state index contributed by atoms with van der Waals surface area (Å²) >= 11 is 1.56. The van der Waals surface area contributed by atoms with E-state index in [1.165, 1.54) is 0 Å². The Hall–Kier alpha value is -2.58. The van der Waals surface area contributed by atoms with E-state index in [0.29, 0.717) is 32.1 Å². The third kappa shape index (κ3) is 3.45. The number of morpholine rings is 1. The van der Waals surface area contributed by atoms with Crippen LogP contribution in [0.3, 0.4) is 0 Å². The molecule has 1 saturated heterocycles. The first-order chi connectivity index (χ1) is 12.2. The number of pyridine rings is 1. The number of carbonyl (C=O) groups excluding carboxylic acids is 1. The van der Waals surface area contributed by atoms with Gasteiger partial charge in [0.15, 0.2) is 0 Å². The number of hydrogen-bond acceptors (Lipinski definition) is 6. The summed E-state index contributed by atoms with van der Waals surface area (Å²) in [5, 5.41) is 14.9. The number of nitrogens with one attached hydrogen (secondary N) is 1. The van der Waals surface area contributed by atoms with Crippen molar-refractivity contribution in [1.29, 1.82) is 0 Å². The van der Waals surface area contributed by atoms with E-state index in [4.69, 9.17) is 4.74 Å². The van der Waals surface area contributed by atoms with Gasteiger partial charge in [0.25, 0.3) is 0 Å². The molecule has 0 spiro atoms. The van der Waals surface area contributed by atoms with E-state index in [9.17, 15) is 4.79 Å². The van der Waals surface area contributed by atoms with Gasteiger partial charge in [-0.2, -0.15) is 0 Å². The lowest BCUT2D eigenvalue weighted by molar-refractivity contribution is 0.0564. The van der Waals surface area contributed by atoms with Crippen molar-refractivity contribution in [2.75, 3.05) is 31.6 Å². The van der Waals surface area contributed by atoms with Crippen LogP contribution in [0.1, 0.15) is 5.01 Å². The van der Waals surface area contributed by atoms with E-state index in [1.807, 2.05) is 31.2 Å². The number of carbonyl (C=O) groups is 1. The monoisotopic (exact) mass is 355 g/mol. The Balaban J connectivity index is 1.59. The van der Waals surface area contributed by atoms with Crippen LogP contribution in [0.5, 0.6) is 0 Å². The van der Waals surface area contributed by atoms with Gasteiger partial charge in [-0.05, 0) is 24.4 Å². The van der Waals surface area contributed by atoms with E-state index >= 15 is 0 Å². The fraction of sp³-hybridized carbons (Fsp3) is 0.294. The van der Waals surface area contributed by atoms with Gasteiger partial charge in [-0.25, -0.2) is 9.78 Å². The minimum Gasteiger partial charge on any atom is -0.378 e. The number of rotatable bonds is 2. The van der Waals surface area contributed by atoms with Crippen molar-refractivity contribution >= 4 is 34.0 Å². The number of urea groups is 1. The zero-order chi connectivity index (χ0) is 17.2. The minimum absolute atomic E-state index is 0.147. The molecule has 2 aromatic heterocycles. The molecule has 3 aromatic rings. The van der Waals surface area contributed by atoms with Crippen molar-refractivity contribution in [1.82, 2.24) is 20.1 Å². The van der Waals surface area contributed by atoms with Gasteiger partial charge in [0.2, 0.25) is 0 Å². The van der Waals surface area contributed by atoms with Crippen LogP contribution in [-0.4, -0.2) is 52.4 Å². The smallest absolute Gasteiger partial charge is 0.323 e. The Morgan fingerprint density at radius 1 is 1.20 bits per heavy atom. The Bertz CT molecular complexity index is 920. The number of amides is 2. The maximum Gasteiger partial charge on any atom is 0.323 e. The van der Waals surface area contributed by atoms with Crippen LogP contribution in [0.2, 0.25) is 0 Å². The first kappa shape index (κ1) is 15.9. The van der Waals surface area contributed by atoms with Crippen LogP contribution in [0, 0.1) is 6.92 Å². The first-order valence-corrected chi connectivity index (χ1v) is 8.85. The highest BCUT2D eigenvalue weighted by Crippen LogP contribution is 2.27. The van der Waals surface area contributed by atoms with Gasteiger partial charge in [-0.3, -0.25) is 5.32 Å². The van der Waals surface area contributed by atoms with Crippen molar-refractivity contribution < 1.29 is 9.53 Å². The lowest BCUT2D eigenvalue weighted by Crippen LogP contribution is -2.43. The highest BCUT2D eigenvalue weighted by atomic mass is 32.1. The molecule has 0 aliphatic carbocycles. The standard InChI is InChI=1S/C17H17N5O2S/c1-11-20-21-16(25-11)12-2-3-13-10-18-15(9-14(13)8-12)19-17(23)22-4-6-24-7-5-22/h2-3,8-10H,4-7H2,1H3,(H,18,19,23). The molecule has 0 radical (unpaired) electrons. The molecule has 1 aliphatic rings. The molecular formula is C17H17N5O2S. The minimum atomic E-state index is -0.147. The summed E-state index contributed by atoms with van der Waals surface area (Å²) < 4.78 is 5.27. The molecule has 3 heterocycles. The topological polar surface area (TPSA) is 80.2 Å². The summed E-state index contributed by atoms with van der Waals surface area (Å²) in [5.74, 6) is 0.537. The molecule has 8 heteroatoms. The quantitative estimate of drug-likeness (QED) is 0.764. The number of fused-ring (bicyclic) bond motifs is 1. The van der Waals surface area contributed by atoms with Crippen molar-refractivity contribution in [3.63, 3.8) is 0 Å². The molecule has 25 heavy (non-hydrogen) atoms. The molecule has 2 amide bonds. The molecule has 0 atom stereocenters. The van der Waals surface area contributed by atoms with Gasteiger partial charge < -0.3 is 9.64 Å². The second-order valence-corrected chi connectivity index (χ2v) is 6.97. The molecule has 7 nitrogen and oxygen atoms in total. The molecule has 0 bridgehead atoms. The molecular weight excluding hydrogens is 338 g/mol. The fourth-order valence-electron chi connectivity index (χ4n) is 2.71. The first-order valence-electron chi connectivity index (χ1n) is 8.03. The zero-order valence-corrected chi connectivity index (χ0v) is 14.5. The van der Waals surface area contributed by atoms with E-state index in [-0.39, 0.29) is 6.03 Å². The normalized spacial score (nSPS) is 14.7. The second-order valence-electron chi connectivity index (χ2n) is 5.79. The molecule has 1 N–H and O–H groups in total. The van der Waals surface area contributed by atoms with Crippen molar-refractivity contribution in [3.05, 3.63) is 35.5 Å². The number of nitrogens with zero attached hydrogens (tertiary/aromatic N) is 4. The maximum atomic E-state index is 12.3. The Kier molecular flexibility index (Phi) is 4.29. The summed E-state index contributed by atoms with van der Waals surface area (Å²) in [4.78, 5) is 18.4. The largest absolute Gasteiger partial charge is 0.378 e. The number of aryl methyl sites for hydroxylation is 1. The summed E-state index contributed by atoms with van der Waals surface area (Å²) in [5.41, 5.74) is 1.01. The van der Waals surface area contributed by atoms with E-state index in [0.717, 1.165) is 26.4 Å². The Labute approximate surface area is 148 Å². The van der Waals surface area contributed by atoms with Gasteiger partial charge in [0, 0.05) is 30.2 Å². The summed E-state index contributed by atoms with van der Waals surface area (Å²) in [6.45, 7) is 4.28. The fourth-order valence-corrected chi connectivity index (χ4v) is 3.40. The SMILES string of the molecule is Cc1nnc(-c2ccc3cnc(NC(=O)N4CCOCC4)cc3c2)s1. The highest BCUT2D eigenvalue weighted by molar-refractivity contribution is 7.14. The average molecular weight is 355 g/mol. The summed E-state index contributed by atoms with van der Waals surface area (Å²) in [7, 11) is 0. The zero-order valence-electron chi connectivity index (χ0n) is 13.7. The number of ether oxygens (including phenoxy) is 1. The van der Waals surface area contributed by atoms with E-state index in [2.05, 4.69) is 20.5 Å². The molecule has 1 aromatic carbocycles. The number of aromatic nitrogens is 3. The third-order valence-electron chi connectivity index (χ3n) is 4.03. The van der Waals surface area contributed by atoms with Crippen LogP contribution in [0.15, 0.2) is 30.5 Å². The van der Waals surface area contributed by atoms with E-state index < -0.39 is 0 Å². The highest BCUT2D eigenvalue weighted by Gasteiger charge is 2.17. The molecule has 128 valence electrons. The molecule has 1 aliphatic heterocycles. The van der Waals surface area contributed by atoms with Gasteiger partial charge in [0.1, 0.15) is 15.8 Å². The van der Waals surface area contributed by atoms with Crippen molar-refractivity contribution in [2.45, 2.75) is 6.92 Å². The van der Waals surface area contributed by atoms with Crippen LogP contribution in [0.25, 0.3) is 21.3 Å². The molecule has 4 rings (SSSR count). The molecule has 1 fully saturated rings. The Morgan fingerprint density at radius 3 is 2.80 bits per heavy atom. The lowest BCUT2D eigenvalue weighted by atomic mass is 10.1. The predicted octanol–water partition coefficient (Wildman–Crippen LogP) is 2.93. The van der Waals surface area contributed by atoms with Gasteiger partial charge in [0.05, 0.1) is 13.2 Å². The predicted molar refractivity (Wildman–Crippen MR) is 96.8 cm³/mol. The summed E-state index contributed by atoms with van der Waals surface area (Å²) in [6, 6.07) is 7.79. The lowest BCUT2D eigenvalue weighted by Gasteiger charge is -2.26. The molecule has 0 unspecified atom stereocenters. The van der Waals surface area contributed by atoms with Crippen LogP contribution >= 0.6 is 11.3 Å². The van der Waals surface area contributed by atoms with Crippen molar-refractivity contribution in [3.8, 4) is 10.6 Å². The van der Waals surface area contributed by atoms with Gasteiger partial charge in [-0.15, -0.1) is 10.2 Å². The number of benzene rings is 1. The average Bonchev–Trinajstić information content (AvgIpc) is 3.08. The maximum absolute atomic E-state index is 12.3. The number of hydrogen-bond donors (Lipinski definition) is 1. The second kappa shape index (κ2) is 6.73. The van der Waals surface area contributed by atoms with Crippen LogP contribution < -0.4 is 5.32 Å². The van der Waals surface area contributed by atoms with Crippen LogP contribution in [-0.2, 0) is 4.74 Å². The molecule has 0 saturated carbocycles. The van der Waals surface area contributed by atoms with Crippen molar-refractivity contribution in [2.24, 2.45) is 0 Å².